The van der Waals surface area contributed by atoms with Crippen LogP contribution in [0.5, 0.6) is 0 Å². The van der Waals surface area contributed by atoms with Crippen LogP contribution in [0.15, 0.2) is 48.9 Å². The lowest BCUT2D eigenvalue weighted by Crippen LogP contribution is -2.22. The first kappa shape index (κ1) is 26.5. The van der Waals surface area contributed by atoms with E-state index in [1.807, 2.05) is 19.9 Å². The average Bonchev–Trinajstić information content (AvgIpc) is 3.24. The molecule has 0 aliphatic carbocycles. The van der Waals surface area contributed by atoms with Crippen molar-refractivity contribution in [3.05, 3.63) is 82.3 Å². The molecule has 2 heterocycles. The van der Waals surface area contributed by atoms with E-state index in [9.17, 15) is 14.4 Å². The fraction of sp³-hybridized carbons (Fsp3) is 0.222. The van der Waals surface area contributed by atoms with E-state index in [1.54, 1.807) is 48.0 Å². The summed E-state index contributed by atoms with van der Waals surface area (Å²) in [6.07, 6.45) is 3.00. The Balaban J connectivity index is 1.66. The van der Waals surface area contributed by atoms with E-state index in [0.717, 1.165) is 11.1 Å². The molecule has 0 aliphatic rings. The summed E-state index contributed by atoms with van der Waals surface area (Å²) in [5.74, 6) is -0.455. The summed E-state index contributed by atoms with van der Waals surface area (Å²) in [5.41, 5.74) is 7.64. The van der Waals surface area contributed by atoms with Crippen LogP contribution in [0.2, 0.25) is 0 Å². The van der Waals surface area contributed by atoms with Gasteiger partial charge in [-0.05, 0) is 55.7 Å². The number of carbonyl (C=O) groups is 3. The largest absolute Gasteiger partial charge is 0.377 e. The summed E-state index contributed by atoms with van der Waals surface area (Å²) in [7, 11) is 2.82. The van der Waals surface area contributed by atoms with Gasteiger partial charge in [-0.3, -0.25) is 19.2 Å². The number of nitrogens with one attached hydrogen (secondary N) is 3. The van der Waals surface area contributed by atoms with Gasteiger partial charge >= 0.3 is 0 Å². The first-order valence-corrected chi connectivity index (χ1v) is 11.7. The molecule has 0 spiro atoms. The zero-order chi connectivity index (χ0) is 27.4. The number of benzene rings is 2. The predicted octanol–water partition coefficient (Wildman–Crippen LogP) is 3.77. The van der Waals surface area contributed by atoms with E-state index in [-0.39, 0.29) is 18.3 Å². The van der Waals surface area contributed by atoms with E-state index in [1.165, 1.54) is 20.5 Å². The topological polar surface area (TPSA) is 136 Å². The lowest BCUT2D eigenvalue weighted by atomic mass is 10.1. The number of carbonyl (C=O) groups excluding carboxylic acids is 3. The van der Waals surface area contributed by atoms with Crippen LogP contribution in [0.3, 0.4) is 0 Å². The van der Waals surface area contributed by atoms with Gasteiger partial charge in [0.2, 0.25) is 0 Å². The smallest absolute Gasteiger partial charge is 0.274 e. The maximum absolute atomic E-state index is 13.3. The van der Waals surface area contributed by atoms with Gasteiger partial charge in [-0.25, -0.2) is 15.0 Å². The fourth-order valence-electron chi connectivity index (χ4n) is 3.99. The minimum atomic E-state index is -0.428. The Morgan fingerprint density at radius 3 is 2.32 bits per heavy atom. The van der Waals surface area contributed by atoms with Gasteiger partial charge in [-0.1, -0.05) is 18.2 Å². The van der Waals surface area contributed by atoms with Crippen LogP contribution in [0.4, 0.5) is 17.2 Å². The number of ketones is 1. The minimum Gasteiger partial charge on any atom is -0.377 e. The number of nitrogens with zero attached hydrogens (tertiary/aromatic N) is 3. The zero-order valence-corrected chi connectivity index (χ0v) is 21.7. The number of fused-ring (bicyclic) bond motifs is 1. The SMILES string of the molecule is COCC(=O)c1ccc(C)c(Nc2ncnn3cc(C(=O)Nc4cc(C(=O)NOC)ccc4C)c(C)c23)c1. The van der Waals surface area contributed by atoms with Gasteiger partial charge in [0.25, 0.3) is 11.8 Å². The Hall–Kier alpha value is -4.61. The highest BCUT2D eigenvalue weighted by atomic mass is 16.6. The van der Waals surface area contributed by atoms with Crippen LogP contribution in [0, 0.1) is 20.8 Å². The second kappa shape index (κ2) is 11.2. The van der Waals surface area contributed by atoms with Crippen LogP contribution in [-0.4, -0.2) is 53.0 Å². The summed E-state index contributed by atoms with van der Waals surface area (Å²) in [6.45, 7) is 5.53. The number of rotatable bonds is 9. The molecule has 11 nitrogen and oxygen atoms in total. The molecule has 3 N–H and O–H groups in total. The van der Waals surface area contributed by atoms with Crippen LogP contribution in [0.1, 0.15) is 47.8 Å². The molecule has 0 radical (unpaired) electrons. The molecule has 11 heteroatoms. The van der Waals surface area contributed by atoms with Crippen molar-refractivity contribution in [2.45, 2.75) is 20.8 Å². The molecule has 2 amide bonds. The molecule has 0 bridgehead atoms. The van der Waals surface area contributed by atoms with Crippen molar-refractivity contribution in [3.8, 4) is 0 Å². The summed E-state index contributed by atoms with van der Waals surface area (Å²) in [4.78, 5) is 46.8. The lowest BCUT2D eigenvalue weighted by molar-refractivity contribution is 0.0537. The Kier molecular flexibility index (Phi) is 7.79. The van der Waals surface area contributed by atoms with Crippen molar-refractivity contribution in [3.63, 3.8) is 0 Å². The van der Waals surface area contributed by atoms with Crippen LogP contribution in [0.25, 0.3) is 5.52 Å². The van der Waals surface area contributed by atoms with Gasteiger partial charge in [0.15, 0.2) is 11.6 Å². The molecular weight excluding hydrogens is 488 g/mol. The molecule has 4 aromatic rings. The van der Waals surface area contributed by atoms with Crippen LogP contribution >= 0.6 is 0 Å². The fourth-order valence-corrected chi connectivity index (χ4v) is 3.99. The standard InChI is InChI=1S/C27H28N6O5/c1-15-6-8-18(23(34)13-37-4)10-21(15)30-25-24-17(3)20(12-33(24)29-14-28-25)27(36)31-22-11-19(9-7-16(22)2)26(35)32-38-5/h6-12,14H,13H2,1-5H3,(H,31,36)(H,32,35)(H,28,29,30). The number of Topliss-reactive ketones (excluding diaryl/α,β-unsaturated/α-hetero) is 1. The highest BCUT2D eigenvalue weighted by Crippen LogP contribution is 2.28. The molecule has 0 unspecified atom stereocenters. The molecule has 38 heavy (non-hydrogen) atoms. The number of hydroxylamine groups is 1. The van der Waals surface area contributed by atoms with E-state index in [2.05, 4.69) is 31.0 Å². The third-order valence-corrected chi connectivity index (χ3v) is 6.10. The number of hydrogen-bond donors (Lipinski definition) is 3. The first-order chi connectivity index (χ1) is 18.2. The van der Waals surface area contributed by atoms with E-state index in [4.69, 9.17) is 4.74 Å². The van der Waals surface area contributed by atoms with Crippen molar-refractivity contribution in [1.29, 1.82) is 0 Å². The summed E-state index contributed by atoms with van der Waals surface area (Å²) in [5, 5.41) is 10.4. The molecule has 196 valence electrons. The molecule has 0 saturated heterocycles. The minimum absolute atomic E-state index is 0.0179. The maximum atomic E-state index is 13.3. The molecule has 0 aliphatic heterocycles. The van der Waals surface area contributed by atoms with Gasteiger partial charge in [0.1, 0.15) is 18.5 Å². The highest BCUT2D eigenvalue weighted by Gasteiger charge is 2.20. The first-order valence-electron chi connectivity index (χ1n) is 11.7. The van der Waals surface area contributed by atoms with Gasteiger partial charge in [-0.15, -0.1) is 0 Å². The maximum Gasteiger partial charge on any atom is 0.274 e. The van der Waals surface area contributed by atoms with Crippen molar-refractivity contribution in [2.75, 3.05) is 31.5 Å². The molecule has 2 aromatic heterocycles. The van der Waals surface area contributed by atoms with Crippen molar-refractivity contribution in [1.82, 2.24) is 20.1 Å². The monoisotopic (exact) mass is 516 g/mol. The van der Waals surface area contributed by atoms with Gasteiger partial charge in [-0.2, -0.15) is 5.10 Å². The van der Waals surface area contributed by atoms with Crippen LogP contribution < -0.4 is 16.1 Å². The third-order valence-electron chi connectivity index (χ3n) is 6.10. The van der Waals surface area contributed by atoms with Crippen molar-refractivity contribution in [2.24, 2.45) is 0 Å². The van der Waals surface area contributed by atoms with Crippen LogP contribution in [-0.2, 0) is 9.57 Å². The number of methoxy groups -OCH3 is 1. The lowest BCUT2D eigenvalue weighted by Gasteiger charge is -2.12. The second-order valence-electron chi connectivity index (χ2n) is 8.70. The Bertz CT molecular complexity index is 1540. The molecule has 2 aromatic carbocycles. The number of ether oxygens (including phenoxy) is 1. The highest BCUT2D eigenvalue weighted by molar-refractivity contribution is 6.08. The van der Waals surface area contributed by atoms with E-state index in [0.29, 0.717) is 45.0 Å². The average molecular weight is 517 g/mol. The van der Waals surface area contributed by atoms with E-state index >= 15 is 0 Å². The normalized spacial score (nSPS) is 10.9. The number of hydrogen-bond acceptors (Lipinski definition) is 8. The predicted molar refractivity (Wildman–Crippen MR) is 142 cm³/mol. The summed E-state index contributed by atoms with van der Waals surface area (Å²) in [6, 6.07) is 10.3. The van der Waals surface area contributed by atoms with Crippen molar-refractivity contribution < 1.29 is 24.0 Å². The Labute approximate surface area is 219 Å². The summed E-state index contributed by atoms with van der Waals surface area (Å²) < 4.78 is 6.54. The third kappa shape index (κ3) is 5.38. The quantitative estimate of drug-likeness (QED) is 0.226. The number of amides is 2. The number of anilines is 3. The Morgan fingerprint density at radius 1 is 0.921 bits per heavy atom. The molecular formula is C27H28N6O5. The molecule has 0 fully saturated rings. The van der Waals surface area contributed by atoms with Crippen molar-refractivity contribution >= 4 is 40.3 Å². The van der Waals surface area contributed by atoms with Gasteiger partial charge in [0.05, 0.1) is 12.7 Å². The zero-order valence-electron chi connectivity index (χ0n) is 21.7. The Morgan fingerprint density at radius 2 is 1.61 bits per heavy atom. The number of aromatic nitrogens is 3. The summed E-state index contributed by atoms with van der Waals surface area (Å²) >= 11 is 0. The molecule has 0 atom stereocenters. The van der Waals surface area contributed by atoms with Gasteiger partial charge < -0.3 is 15.4 Å². The molecule has 4 rings (SSSR count). The number of aryl methyl sites for hydroxylation is 3. The van der Waals surface area contributed by atoms with Gasteiger partial charge in [0, 0.05) is 35.8 Å². The second-order valence-corrected chi connectivity index (χ2v) is 8.70. The molecule has 0 saturated carbocycles. The van der Waals surface area contributed by atoms with E-state index < -0.39 is 5.91 Å².